The molecular weight excluding hydrogens is 288 g/mol. The van der Waals surface area contributed by atoms with Crippen LogP contribution < -0.4 is 0 Å². The molecule has 0 N–H and O–H groups in total. The Morgan fingerprint density at radius 3 is 2.48 bits per heavy atom. The van der Waals surface area contributed by atoms with E-state index in [0.29, 0.717) is 19.6 Å². The summed E-state index contributed by atoms with van der Waals surface area (Å²) in [6.45, 7) is 1.95. The Bertz CT molecular complexity index is 578. The summed E-state index contributed by atoms with van der Waals surface area (Å²) in [6.07, 6.45) is 9.72. The number of hydrogen-bond donors (Lipinski definition) is 0. The van der Waals surface area contributed by atoms with Gasteiger partial charge in [0, 0.05) is 38.4 Å². The zero-order valence-corrected chi connectivity index (χ0v) is 13.4. The third-order valence-electron chi connectivity index (χ3n) is 4.50. The molecule has 0 spiro atoms. The van der Waals surface area contributed by atoms with Gasteiger partial charge >= 0.3 is 0 Å². The van der Waals surface area contributed by atoms with Crippen LogP contribution >= 0.6 is 0 Å². The first-order chi connectivity index (χ1) is 10.1. The Labute approximate surface area is 126 Å². The van der Waals surface area contributed by atoms with Crippen LogP contribution in [0.15, 0.2) is 12.4 Å². The van der Waals surface area contributed by atoms with Crippen LogP contribution in [0.4, 0.5) is 0 Å². The molecule has 7 heteroatoms. The van der Waals surface area contributed by atoms with Crippen molar-refractivity contribution in [1.82, 2.24) is 18.4 Å². The van der Waals surface area contributed by atoms with Crippen LogP contribution in [0.3, 0.4) is 0 Å². The number of aryl methyl sites for hydroxylation is 1. The molecule has 0 radical (unpaired) electrons. The number of rotatable bonds is 3. The van der Waals surface area contributed by atoms with Crippen molar-refractivity contribution in [1.29, 1.82) is 0 Å². The first-order valence-electron chi connectivity index (χ1n) is 7.84. The zero-order valence-electron chi connectivity index (χ0n) is 12.6. The largest absolute Gasteiger partial charge is 0.282 e. The maximum atomic E-state index is 13.0. The molecule has 0 aliphatic carbocycles. The van der Waals surface area contributed by atoms with Gasteiger partial charge in [-0.05, 0) is 25.7 Å². The van der Waals surface area contributed by atoms with Crippen LogP contribution in [-0.2, 0) is 17.3 Å². The summed E-state index contributed by atoms with van der Waals surface area (Å²) in [5.41, 5.74) is 1.02. The van der Waals surface area contributed by atoms with Crippen molar-refractivity contribution in [3.63, 3.8) is 0 Å². The van der Waals surface area contributed by atoms with Crippen LogP contribution in [0.2, 0.25) is 0 Å². The predicted octanol–water partition coefficient (Wildman–Crippen LogP) is 1.68. The molecule has 0 saturated carbocycles. The highest BCUT2D eigenvalue weighted by Gasteiger charge is 2.37. The van der Waals surface area contributed by atoms with E-state index in [4.69, 9.17) is 0 Å². The molecule has 0 bridgehead atoms. The van der Waals surface area contributed by atoms with Gasteiger partial charge in [0.15, 0.2) is 0 Å². The smallest absolute Gasteiger partial charge is 0.275 e. The summed E-state index contributed by atoms with van der Waals surface area (Å²) >= 11 is 0. The molecule has 2 aliphatic rings. The number of nitrogens with zero attached hydrogens (tertiary/aromatic N) is 4. The van der Waals surface area contributed by atoms with E-state index in [2.05, 4.69) is 5.10 Å². The van der Waals surface area contributed by atoms with Gasteiger partial charge in [-0.1, -0.05) is 12.8 Å². The van der Waals surface area contributed by atoms with Gasteiger partial charge in [-0.25, -0.2) is 0 Å². The highest BCUT2D eigenvalue weighted by atomic mass is 32.2. The van der Waals surface area contributed by atoms with Gasteiger partial charge in [-0.15, -0.1) is 0 Å². The molecule has 21 heavy (non-hydrogen) atoms. The zero-order chi connectivity index (χ0) is 14.9. The van der Waals surface area contributed by atoms with Crippen molar-refractivity contribution in [3.05, 3.63) is 18.0 Å². The number of hydrogen-bond acceptors (Lipinski definition) is 3. The average Bonchev–Trinajstić information content (AvgIpc) is 3.06. The lowest BCUT2D eigenvalue weighted by molar-refractivity contribution is 0.299. The van der Waals surface area contributed by atoms with Gasteiger partial charge in [0.1, 0.15) is 0 Å². The molecule has 1 aromatic heterocycles. The first-order valence-corrected chi connectivity index (χ1v) is 9.24. The molecule has 2 saturated heterocycles. The third-order valence-corrected chi connectivity index (χ3v) is 6.55. The molecule has 1 aromatic rings. The van der Waals surface area contributed by atoms with Gasteiger partial charge in [0.25, 0.3) is 10.2 Å². The molecule has 2 fully saturated rings. The van der Waals surface area contributed by atoms with Crippen molar-refractivity contribution in [3.8, 4) is 0 Å². The van der Waals surface area contributed by atoms with Gasteiger partial charge < -0.3 is 0 Å². The minimum absolute atomic E-state index is 0.0631. The van der Waals surface area contributed by atoms with Gasteiger partial charge in [-0.3, -0.25) is 4.68 Å². The fraction of sp³-hybridized carbons (Fsp3) is 0.786. The van der Waals surface area contributed by atoms with Crippen LogP contribution in [0, 0.1) is 0 Å². The molecular formula is C14H24N4O2S. The maximum absolute atomic E-state index is 13.0. The highest BCUT2D eigenvalue weighted by molar-refractivity contribution is 7.86. The van der Waals surface area contributed by atoms with Crippen molar-refractivity contribution in [2.24, 2.45) is 7.05 Å². The molecule has 0 unspecified atom stereocenters. The van der Waals surface area contributed by atoms with E-state index in [9.17, 15) is 8.42 Å². The summed E-state index contributed by atoms with van der Waals surface area (Å²) in [6, 6.07) is -0.0631. The van der Waals surface area contributed by atoms with E-state index < -0.39 is 10.2 Å². The van der Waals surface area contributed by atoms with E-state index in [1.165, 1.54) is 0 Å². The van der Waals surface area contributed by atoms with Gasteiger partial charge in [-0.2, -0.15) is 22.1 Å². The van der Waals surface area contributed by atoms with Crippen molar-refractivity contribution >= 4 is 10.2 Å². The normalized spacial score (nSPS) is 26.0. The van der Waals surface area contributed by atoms with E-state index in [0.717, 1.165) is 44.1 Å². The molecule has 3 heterocycles. The first kappa shape index (κ1) is 15.0. The van der Waals surface area contributed by atoms with Crippen LogP contribution in [0.5, 0.6) is 0 Å². The monoisotopic (exact) mass is 312 g/mol. The second-order valence-electron chi connectivity index (χ2n) is 6.04. The van der Waals surface area contributed by atoms with E-state index >= 15 is 0 Å². The predicted molar refractivity (Wildman–Crippen MR) is 80.8 cm³/mol. The second-order valence-corrected chi connectivity index (χ2v) is 7.92. The van der Waals surface area contributed by atoms with Gasteiger partial charge in [0.05, 0.1) is 12.2 Å². The van der Waals surface area contributed by atoms with Gasteiger partial charge in [0.2, 0.25) is 0 Å². The summed E-state index contributed by atoms with van der Waals surface area (Å²) in [5, 5.41) is 4.22. The molecule has 1 atom stereocenters. The average molecular weight is 312 g/mol. The molecule has 0 aromatic carbocycles. The van der Waals surface area contributed by atoms with Crippen LogP contribution in [-0.4, -0.2) is 46.4 Å². The number of aromatic nitrogens is 2. The Balaban J connectivity index is 1.91. The Morgan fingerprint density at radius 2 is 1.81 bits per heavy atom. The summed E-state index contributed by atoms with van der Waals surface area (Å²) < 4.78 is 31.0. The molecule has 2 aliphatic heterocycles. The lowest BCUT2D eigenvalue weighted by atomic mass is 10.1. The van der Waals surface area contributed by atoms with Crippen LogP contribution in [0.25, 0.3) is 0 Å². The van der Waals surface area contributed by atoms with Crippen molar-refractivity contribution in [2.75, 3.05) is 19.6 Å². The van der Waals surface area contributed by atoms with Crippen molar-refractivity contribution < 1.29 is 8.42 Å². The summed E-state index contributed by atoms with van der Waals surface area (Å²) in [5.74, 6) is 0. The lowest BCUT2D eigenvalue weighted by Gasteiger charge is -2.32. The summed E-state index contributed by atoms with van der Waals surface area (Å²) in [7, 11) is -1.47. The fourth-order valence-corrected chi connectivity index (χ4v) is 5.30. The van der Waals surface area contributed by atoms with Crippen LogP contribution in [0.1, 0.15) is 50.1 Å². The minimum Gasteiger partial charge on any atom is -0.275 e. The molecule has 118 valence electrons. The molecule has 0 amide bonds. The van der Waals surface area contributed by atoms with E-state index in [1.54, 1.807) is 13.3 Å². The van der Waals surface area contributed by atoms with E-state index in [1.807, 2.05) is 19.4 Å². The SMILES string of the molecule is Cn1cc([C@@H]2CCCCCN2S(=O)(=O)N2CCCC2)cn1. The Hall–Kier alpha value is -0.920. The topological polar surface area (TPSA) is 58.4 Å². The standard InChI is InChI=1S/C14H24N4O2S/c1-16-12-13(11-15-16)14-7-3-2-4-10-18(14)21(19,20)17-8-5-6-9-17/h11-12,14H,2-10H2,1H3/t14-/m0/s1. The van der Waals surface area contributed by atoms with Crippen molar-refractivity contribution in [2.45, 2.75) is 44.6 Å². The maximum Gasteiger partial charge on any atom is 0.282 e. The molecule has 3 rings (SSSR count). The quantitative estimate of drug-likeness (QED) is 0.853. The van der Waals surface area contributed by atoms with E-state index in [-0.39, 0.29) is 6.04 Å². The summed E-state index contributed by atoms with van der Waals surface area (Å²) in [4.78, 5) is 0. The fourth-order valence-electron chi connectivity index (χ4n) is 3.37. The Morgan fingerprint density at radius 1 is 1.10 bits per heavy atom. The second kappa shape index (κ2) is 6.06. The molecule has 6 nitrogen and oxygen atoms in total. The Kier molecular flexibility index (Phi) is 4.33. The third kappa shape index (κ3) is 3.00. The highest BCUT2D eigenvalue weighted by Crippen LogP contribution is 2.33. The lowest BCUT2D eigenvalue weighted by Crippen LogP contribution is -2.44. The minimum atomic E-state index is -3.34.